The minimum Gasteiger partial charge on any atom is -0.241 e. The second kappa shape index (κ2) is 12.5. The standard InChI is InChI=1S/C19H16FN3.2C2H6/c20-18-12-16(6-2-7-17(18)13-21)14-4-1-5-15(9-8-14)19-22-10-3-11-23-19;2*1-2/h2-4,6,8-12,15H,1,5,7H2;2*1-2H3. The fourth-order valence-corrected chi connectivity index (χ4v) is 2.69. The van der Waals surface area contributed by atoms with Crippen molar-refractivity contribution in [1.82, 2.24) is 9.97 Å². The lowest BCUT2D eigenvalue weighted by Gasteiger charge is -2.07. The van der Waals surface area contributed by atoms with Gasteiger partial charge in [0.2, 0.25) is 0 Å². The van der Waals surface area contributed by atoms with E-state index in [0.29, 0.717) is 6.42 Å². The van der Waals surface area contributed by atoms with Gasteiger partial charge in [-0.25, -0.2) is 14.4 Å². The van der Waals surface area contributed by atoms with Crippen LogP contribution >= 0.6 is 0 Å². The summed E-state index contributed by atoms with van der Waals surface area (Å²) in [6.07, 6.45) is 16.9. The van der Waals surface area contributed by atoms with Crippen molar-refractivity contribution < 1.29 is 4.39 Å². The van der Waals surface area contributed by atoms with Crippen molar-refractivity contribution in [3.63, 3.8) is 0 Å². The molecule has 3 rings (SSSR count). The van der Waals surface area contributed by atoms with Crippen LogP contribution in [0.25, 0.3) is 0 Å². The Bertz CT molecular complexity index is 778. The number of rotatable bonds is 2. The maximum Gasteiger partial charge on any atom is 0.137 e. The van der Waals surface area contributed by atoms with E-state index in [4.69, 9.17) is 5.26 Å². The van der Waals surface area contributed by atoms with E-state index >= 15 is 0 Å². The molecule has 1 unspecified atom stereocenters. The van der Waals surface area contributed by atoms with E-state index in [2.05, 4.69) is 22.1 Å². The first-order valence-electron chi connectivity index (χ1n) is 9.60. The first-order valence-corrected chi connectivity index (χ1v) is 9.60. The zero-order chi connectivity index (χ0) is 20.1. The molecular weight excluding hydrogens is 337 g/mol. The van der Waals surface area contributed by atoms with Gasteiger partial charge in [0.25, 0.3) is 0 Å². The molecule has 0 radical (unpaired) electrons. The van der Waals surface area contributed by atoms with Gasteiger partial charge in [-0.2, -0.15) is 5.26 Å². The Balaban J connectivity index is 0.000000855. The average Bonchev–Trinajstić information content (AvgIpc) is 3.10. The minimum atomic E-state index is -0.450. The first-order chi connectivity index (χ1) is 13.3. The van der Waals surface area contributed by atoms with Crippen molar-refractivity contribution in [3.05, 3.63) is 83.3 Å². The van der Waals surface area contributed by atoms with Crippen molar-refractivity contribution in [2.75, 3.05) is 0 Å². The predicted molar refractivity (Wildman–Crippen MR) is 110 cm³/mol. The SMILES string of the molecule is CC.CC.N#CC1=C(F)C=C(C2=CCCC(c3ncccn3)C=C2)C=CC1. The summed E-state index contributed by atoms with van der Waals surface area (Å²) in [5.41, 5.74) is 1.93. The van der Waals surface area contributed by atoms with Gasteiger partial charge >= 0.3 is 0 Å². The number of aromatic nitrogens is 2. The molecule has 0 N–H and O–H groups in total. The highest BCUT2D eigenvalue weighted by molar-refractivity contribution is 5.53. The normalized spacial score (nSPS) is 18.4. The highest BCUT2D eigenvalue weighted by atomic mass is 19.1. The quantitative estimate of drug-likeness (QED) is 0.599. The van der Waals surface area contributed by atoms with Gasteiger partial charge in [0.05, 0.1) is 11.6 Å². The Hall–Kier alpha value is -2.80. The molecular formula is C23H28FN3. The highest BCUT2D eigenvalue weighted by Crippen LogP contribution is 2.29. The van der Waals surface area contributed by atoms with Crippen molar-refractivity contribution in [2.45, 2.75) is 52.9 Å². The van der Waals surface area contributed by atoms with E-state index in [9.17, 15) is 4.39 Å². The smallest absolute Gasteiger partial charge is 0.137 e. The number of nitrogens with zero attached hydrogens (tertiary/aromatic N) is 3. The lowest BCUT2D eigenvalue weighted by atomic mass is 10.0. The zero-order valence-corrected chi connectivity index (χ0v) is 16.6. The zero-order valence-electron chi connectivity index (χ0n) is 16.6. The second-order valence-electron chi connectivity index (χ2n) is 5.45. The Morgan fingerprint density at radius 2 is 1.78 bits per heavy atom. The van der Waals surface area contributed by atoms with Crippen LogP contribution in [0.1, 0.15) is 58.7 Å². The van der Waals surface area contributed by atoms with Gasteiger partial charge in [0, 0.05) is 24.7 Å². The van der Waals surface area contributed by atoms with Crippen LogP contribution in [-0.4, -0.2) is 9.97 Å². The van der Waals surface area contributed by atoms with Crippen molar-refractivity contribution in [3.8, 4) is 6.07 Å². The van der Waals surface area contributed by atoms with Crippen molar-refractivity contribution in [1.29, 1.82) is 5.26 Å². The van der Waals surface area contributed by atoms with Gasteiger partial charge in [0.15, 0.2) is 0 Å². The summed E-state index contributed by atoms with van der Waals surface area (Å²) in [6, 6.07) is 3.72. The van der Waals surface area contributed by atoms with Gasteiger partial charge in [-0.05, 0) is 36.1 Å². The molecule has 0 aromatic carbocycles. The van der Waals surface area contributed by atoms with Gasteiger partial charge in [-0.3, -0.25) is 0 Å². The van der Waals surface area contributed by atoms with Crippen LogP contribution < -0.4 is 0 Å². The number of hydrogen-bond donors (Lipinski definition) is 0. The fraction of sp³-hybridized carbons (Fsp3) is 0.348. The molecule has 142 valence electrons. The summed E-state index contributed by atoms with van der Waals surface area (Å²) in [5, 5.41) is 8.94. The van der Waals surface area contributed by atoms with Gasteiger partial charge in [0.1, 0.15) is 11.7 Å². The van der Waals surface area contributed by atoms with Gasteiger partial charge in [-0.15, -0.1) is 0 Å². The molecule has 27 heavy (non-hydrogen) atoms. The predicted octanol–water partition coefficient (Wildman–Crippen LogP) is 6.52. The average molecular weight is 365 g/mol. The molecule has 2 aliphatic rings. The van der Waals surface area contributed by atoms with Crippen LogP contribution in [0.15, 0.2) is 77.5 Å². The maximum atomic E-state index is 14.0. The third kappa shape index (κ3) is 6.45. The summed E-state index contributed by atoms with van der Waals surface area (Å²) >= 11 is 0. The highest BCUT2D eigenvalue weighted by Gasteiger charge is 2.15. The lowest BCUT2D eigenvalue weighted by molar-refractivity contribution is 0.656. The summed E-state index contributed by atoms with van der Waals surface area (Å²) < 4.78 is 14.0. The van der Waals surface area contributed by atoms with Gasteiger partial charge in [-0.1, -0.05) is 58.1 Å². The number of hydrogen-bond acceptors (Lipinski definition) is 3. The Morgan fingerprint density at radius 3 is 2.44 bits per heavy atom. The molecule has 0 saturated heterocycles. The molecule has 1 heterocycles. The molecule has 3 nitrogen and oxygen atoms in total. The van der Waals surface area contributed by atoms with Gasteiger partial charge < -0.3 is 0 Å². The molecule has 1 atom stereocenters. The van der Waals surface area contributed by atoms with E-state index in [0.717, 1.165) is 29.8 Å². The van der Waals surface area contributed by atoms with Crippen molar-refractivity contribution in [2.24, 2.45) is 0 Å². The van der Waals surface area contributed by atoms with E-state index < -0.39 is 5.83 Å². The summed E-state index contributed by atoms with van der Waals surface area (Å²) in [6.45, 7) is 8.00. The molecule has 1 aromatic rings. The van der Waals surface area contributed by atoms with E-state index in [1.807, 2.05) is 52.0 Å². The van der Waals surface area contributed by atoms with Crippen molar-refractivity contribution >= 4 is 0 Å². The van der Waals surface area contributed by atoms with E-state index in [-0.39, 0.29) is 11.5 Å². The summed E-state index contributed by atoms with van der Waals surface area (Å²) in [7, 11) is 0. The molecule has 0 amide bonds. The fourth-order valence-electron chi connectivity index (χ4n) is 2.69. The van der Waals surface area contributed by atoms with Crippen LogP contribution in [0.5, 0.6) is 0 Å². The first kappa shape index (κ1) is 22.2. The minimum absolute atomic E-state index is 0.162. The van der Waals surface area contributed by atoms with Crippen LogP contribution in [0.3, 0.4) is 0 Å². The molecule has 2 aliphatic carbocycles. The molecule has 0 spiro atoms. The number of allylic oxidation sites excluding steroid dienone is 10. The van der Waals surface area contributed by atoms with Crippen LogP contribution in [-0.2, 0) is 0 Å². The van der Waals surface area contributed by atoms with Crippen LogP contribution in [0, 0.1) is 11.3 Å². The Kier molecular flexibility index (Phi) is 10.3. The van der Waals surface area contributed by atoms with E-state index in [1.54, 1.807) is 18.5 Å². The Labute approximate surface area is 162 Å². The monoisotopic (exact) mass is 365 g/mol. The lowest BCUT2D eigenvalue weighted by Crippen LogP contribution is -2.00. The van der Waals surface area contributed by atoms with E-state index in [1.165, 1.54) is 6.08 Å². The number of halogens is 1. The van der Waals surface area contributed by atoms with Crippen LogP contribution in [0.4, 0.5) is 4.39 Å². The molecule has 0 fully saturated rings. The molecule has 0 saturated carbocycles. The number of nitriles is 1. The Morgan fingerprint density at radius 1 is 1.07 bits per heavy atom. The molecule has 4 heteroatoms. The summed E-state index contributed by atoms with van der Waals surface area (Å²) in [5.74, 6) is 0.519. The summed E-state index contributed by atoms with van der Waals surface area (Å²) in [4.78, 5) is 8.62. The second-order valence-corrected chi connectivity index (χ2v) is 5.45. The third-order valence-electron chi connectivity index (χ3n) is 3.93. The topological polar surface area (TPSA) is 49.6 Å². The molecule has 0 bridgehead atoms. The third-order valence-corrected chi connectivity index (χ3v) is 3.93. The maximum absolute atomic E-state index is 14.0. The molecule has 0 aliphatic heterocycles. The molecule has 1 aromatic heterocycles. The van der Waals surface area contributed by atoms with Crippen LogP contribution in [0.2, 0.25) is 0 Å². The largest absolute Gasteiger partial charge is 0.241 e.